The Kier molecular flexibility index (Phi) is 7.04. The fraction of sp³-hybridized carbons (Fsp3) is 0.429. The van der Waals surface area contributed by atoms with Crippen LogP contribution in [0.4, 0.5) is 0 Å². The van der Waals surface area contributed by atoms with E-state index in [-0.39, 0.29) is 31.0 Å². The molecule has 0 saturated carbocycles. The van der Waals surface area contributed by atoms with Gasteiger partial charge in [-0.15, -0.1) is 0 Å². The fourth-order valence-corrected chi connectivity index (χ4v) is 1.90. The van der Waals surface area contributed by atoms with E-state index in [1.54, 1.807) is 18.2 Å². The van der Waals surface area contributed by atoms with Crippen molar-refractivity contribution in [3.05, 3.63) is 34.9 Å². The molecule has 1 unspecified atom stereocenters. The second-order valence-electron chi connectivity index (χ2n) is 4.38. The van der Waals surface area contributed by atoms with Gasteiger partial charge in [-0.05, 0) is 31.0 Å². The molecule has 1 rings (SSSR count). The molecule has 0 bridgehead atoms. The third-order valence-corrected chi connectivity index (χ3v) is 3.07. The van der Waals surface area contributed by atoms with E-state index in [1.165, 1.54) is 6.07 Å². The van der Waals surface area contributed by atoms with Gasteiger partial charge in [0, 0.05) is 23.2 Å². The predicted molar refractivity (Wildman–Crippen MR) is 77.7 cm³/mol. The van der Waals surface area contributed by atoms with Gasteiger partial charge in [0.2, 0.25) is 5.91 Å². The van der Waals surface area contributed by atoms with E-state index in [1.807, 2.05) is 6.92 Å². The first-order valence-corrected chi connectivity index (χ1v) is 6.88. The molecule has 0 aliphatic carbocycles. The Morgan fingerprint density at radius 2 is 2.15 bits per heavy atom. The van der Waals surface area contributed by atoms with Gasteiger partial charge in [-0.25, -0.2) is 0 Å². The minimum absolute atomic E-state index is 0.0215. The molecule has 0 saturated heterocycles. The number of halogens is 1. The summed E-state index contributed by atoms with van der Waals surface area (Å²) in [5, 5.41) is 14.6. The summed E-state index contributed by atoms with van der Waals surface area (Å²) in [6.07, 6.45) is 1.24. The van der Waals surface area contributed by atoms with Gasteiger partial charge in [0.15, 0.2) is 0 Å². The molecule has 1 aromatic carbocycles. The highest BCUT2D eigenvalue weighted by atomic mass is 35.5. The molecule has 2 amide bonds. The Morgan fingerprint density at radius 1 is 1.40 bits per heavy atom. The summed E-state index contributed by atoms with van der Waals surface area (Å²) in [5.41, 5.74) is 0.410. The van der Waals surface area contributed by atoms with Crippen LogP contribution in [0.15, 0.2) is 24.3 Å². The van der Waals surface area contributed by atoms with E-state index in [2.05, 4.69) is 10.6 Å². The van der Waals surface area contributed by atoms with Crippen LogP contribution in [0.25, 0.3) is 0 Å². The van der Waals surface area contributed by atoms with Crippen molar-refractivity contribution in [2.75, 3.05) is 13.2 Å². The van der Waals surface area contributed by atoms with E-state index < -0.39 is 0 Å². The molecule has 0 aromatic heterocycles. The van der Waals surface area contributed by atoms with Crippen molar-refractivity contribution < 1.29 is 14.7 Å². The van der Waals surface area contributed by atoms with Crippen LogP contribution in [0.5, 0.6) is 0 Å². The number of rotatable bonds is 7. The SMILES string of the molecule is CCC(CCO)NC(=O)CNC(=O)c1cccc(Cl)c1. The Labute approximate surface area is 123 Å². The van der Waals surface area contributed by atoms with Crippen molar-refractivity contribution in [2.45, 2.75) is 25.8 Å². The van der Waals surface area contributed by atoms with Crippen LogP contribution >= 0.6 is 11.6 Å². The van der Waals surface area contributed by atoms with Gasteiger partial charge in [0.1, 0.15) is 0 Å². The van der Waals surface area contributed by atoms with Gasteiger partial charge >= 0.3 is 0 Å². The number of carbonyl (C=O) groups is 2. The van der Waals surface area contributed by atoms with Crippen molar-refractivity contribution in [3.8, 4) is 0 Å². The molecule has 3 N–H and O–H groups in total. The average molecular weight is 299 g/mol. The predicted octanol–water partition coefficient (Wildman–Crippen LogP) is 1.35. The summed E-state index contributed by atoms with van der Waals surface area (Å²) in [7, 11) is 0. The molecule has 0 aliphatic heterocycles. The van der Waals surface area contributed by atoms with Crippen molar-refractivity contribution in [2.24, 2.45) is 0 Å². The molecular formula is C14H19ClN2O3. The number of benzene rings is 1. The van der Waals surface area contributed by atoms with Crippen LogP contribution in [0.2, 0.25) is 5.02 Å². The van der Waals surface area contributed by atoms with E-state index in [0.29, 0.717) is 17.0 Å². The molecule has 0 radical (unpaired) electrons. The second-order valence-corrected chi connectivity index (χ2v) is 4.81. The summed E-state index contributed by atoms with van der Waals surface area (Å²) >= 11 is 5.79. The molecule has 20 heavy (non-hydrogen) atoms. The van der Waals surface area contributed by atoms with Crippen LogP contribution < -0.4 is 10.6 Å². The van der Waals surface area contributed by atoms with Crippen LogP contribution in [0, 0.1) is 0 Å². The number of amides is 2. The zero-order valence-electron chi connectivity index (χ0n) is 11.4. The summed E-state index contributed by atoms with van der Waals surface area (Å²) in [6.45, 7) is 1.84. The first-order chi connectivity index (χ1) is 9.56. The minimum Gasteiger partial charge on any atom is -0.396 e. The standard InChI is InChI=1S/C14H19ClN2O3/c1-2-12(6-7-18)17-13(19)9-16-14(20)10-4-3-5-11(15)8-10/h3-5,8,12,18H,2,6-7,9H2,1H3,(H,16,20)(H,17,19). The highest BCUT2D eigenvalue weighted by Gasteiger charge is 2.11. The van der Waals surface area contributed by atoms with E-state index in [4.69, 9.17) is 16.7 Å². The van der Waals surface area contributed by atoms with E-state index in [0.717, 1.165) is 6.42 Å². The molecule has 0 aliphatic rings. The van der Waals surface area contributed by atoms with Crippen LogP contribution in [-0.4, -0.2) is 36.1 Å². The lowest BCUT2D eigenvalue weighted by molar-refractivity contribution is -0.120. The smallest absolute Gasteiger partial charge is 0.251 e. The van der Waals surface area contributed by atoms with Crippen LogP contribution in [0.3, 0.4) is 0 Å². The molecule has 1 atom stereocenters. The lowest BCUT2D eigenvalue weighted by atomic mass is 10.1. The highest BCUT2D eigenvalue weighted by Crippen LogP contribution is 2.10. The normalized spacial score (nSPS) is 11.8. The Balaban J connectivity index is 2.42. The van der Waals surface area contributed by atoms with Gasteiger partial charge in [-0.2, -0.15) is 0 Å². The number of aliphatic hydroxyl groups is 1. The maximum Gasteiger partial charge on any atom is 0.251 e. The largest absolute Gasteiger partial charge is 0.396 e. The third-order valence-electron chi connectivity index (χ3n) is 2.83. The van der Waals surface area contributed by atoms with Crippen LogP contribution in [-0.2, 0) is 4.79 Å². The topological polar surface area (TPSA) is 78.4 Å². The molecule has 1 aromatic rings. The Bertz CT molecular complexity index is 465. The number of aliphatic hydroxyl groups excluding tert-OH is 1. The van der Waals surface area contributed by atoms with E-state index in [9.17, 15) is 9.59 Å². The quantitative estimate of drug-likeness (QED) is 0.711. The fourth-order valence-electron chi connectivity index (χ4n) is 1.71. The third kappa shape index (κ3) is 5.59. The number of nitrogens with one attached hydrogen (secondary N) is 2. The van der Waals surface area contributed by atoms with Gasteiger partial charge in [-0.3, -0.25) is 9.59 Å². The second kappa shape index (κ2) is 8.55. The number of hydrogen-bond acceptors (Lipinski definition) is 3. The van der Waals surface area contributed by atoms with Crippen molar-refractivity contribution in [1.29, 1.82) is 0 Å². The molecule has 0 fully saturated rings. The molecule has 5 nitrogen and oxygen atoms in total. The number of hydrogen-bond donors (Lipinski definition) is 3. The lowest BCUT2D eigenvalue weighted by Gasteiger charge is -2.15. The number of carbonyl (C=O) groups excluding carboxylic acids is 2. The first kappa shape index (κ1) is 16.5. The average Bonchev–Trinajstić information content (AvgIpc) is 2.44. The molecule has 0 heterocycles. The maximum atomic E-state index is 11.8. The van der Waals surface area contributed by atoms with E-state index >= 15 is 0 Å². The molecule has 0 spiro atoms. The zero-order valence-corrected chi connectivity index (χ0v) is 12.1. The monoisotopic (exact) mass is 298 g/mol. The minimum atomic E-state index is -0.349. The first-order valence-electron chi connectivity index (χ1n) is 6.50. The molecule has 6 heteroatoms. The maximum absolute atomic E-state index is 11.8. The summed E-state index contributed by atoms with van der Waals surface area (Å²) < 4.78 is 0. The highest BCUT2D eigenvalue weighted by molar-refractivity contribution is 6.30. The Hall–Kier alpha value is -1.59. The lowest BCUT2D eigenvalue weighted by Crippen LogP contribution is -2.42. The van der Waals surface area contributed by atoms with Gasteiger partial charge in [-0.1, -0.05) is 24.6 Å². The molecular weight excluding hydrogens is 280 g/mol. The van der Waals surface area contributed by atoms with Gasteiger partial charge in [0.25, 0.3) is 5.91 Å². The van der Waals surface area contributed by atoms with Crippen molar-refractivity contribution in [1.82, 2.24) is 10.6 Å². The van der Waals surface area contributed by atoms with Crippen molar-refractivity contribution in [3.63, 3.8) is 0 Å². The van der Waals surface area contributed by atoms with Crippen LogP contribution in [0.1, 0.15) is 30.1 Å². The summed E-state index contributed by atoms with van der Waals surface area (Å²) in [6, 6.07) is 6.43. The molecule has 110 valence electrons. The Morgan fingerprint density at radius 3 is 2.75 bits per heavy atom. The zero-order chi connectivity index (χ0) is 15.0. The van der Waals surface area contributed by atoms with Crippen molar-refractivity contribution >= 4 is 23.4 Å². The van der Waals surface area contributed by atoms with Gasteiger partial charge in [0.05, 0.1) is 6.54 Å². The summed E-state index contributed by atoms with van der Waals surface area (Å²) in [5.74, 6) is -0.626. The summed E-state index contributed by atoms with van der Waals surface area (Å²) in [4.78, 5) is 23.4. The van der Waals surface area contributed by atoms with Gasteiger partial charge < -0.3 is 15.7 Å².